The van der Waals surface area contributed by atoms with E-state index in [1.165, 1.54) is 16.7 Å². The van der Waals surface area contributed by atoms with Crippen molar-refractivity contribution in [1.29, 1.82) is 0 Å². The molecule has 0 aromatic carbocycles. The molecule has 1 aromatic rings. The number of carbonyl (C=O) groups excluding carboxylic acids is 1. The molecule has 4 aliphatic rings. The molecule has 0 amide bonds. The van der Waals surface area contributed by atoms with Gasteiger partial charge in [-0.1, -0.05) is 52.3 Å². The van der Waals surface area contributed by atoms with Crippen LogP contribution in [-0.2, 0) is 9.22 Å². The fourth-order valence-corrected chi connectivity index (χ4v) is 8.32. The van der Waals surface area contributed by atoms with Gasteiger partial charge in [0.2, 0.25) is 8.32 Å². The van der Waals surface area contributed by atoms with Crippen molar-refractivity contribution in [2.75, 3.05) is 0 Å². The summed E-state index contributed by atoms with van der Waals surface area (Å²) in [6.07, 6.45) is 15.7. The van der Waals surface area contributed by atoms with E-state index in [1.54, 1.807) is 0 Å². The normalized spacial score (nSPS) is 35.4. The summed E-state index contributed by atoms with van der Waals surface area (Å²) in [5.74, 6) is 2.63. The molecule has 2 fully saturated rings. The molecule has 182 valence electrons. The lowest BCUT2D eigenvalue weighted by Gasteiger charge is -2.56. The van der Waals surface area contributed by atoms with Crippen molar-refractivity contribution in [2.24, 2.45) is 28.6 Å². The molecule has 0 radical (unpaired) electrons. The van der Waals surface area contributed by atoms with Crippen LogP contribution in [0.4, 0.5) is 0 Å². The summed E-state index contributed by atoms with van der Waals surface area (Å²) in [4.78, 5) is 18.3. The van der Waals surface area contributed by atoms with Crippen LogP contribution in [0.2, 0.25) is 18.1 Å². The number of nitrogens with zero attached hydrogens (tertiary/aromatic N) is 1. The molecule has 2 saturated carbocycles. The van der Waals surface area contributed by atoms with Crippen molar-refractivity contribution in [3.05, 3.63) is 59.7 Å². The maximum Gasteiger partial charge on any atom is 0.250 e. The summed E-state index contributed by atoms with van der Waals surface area (Å²) in [6, 6.07) is 4.17. The fourth-order valence-electron chi connectivity index (χ4n) is 7.28. The van der Waals surface area contributed by atoms with Crippen LogP contribution in [0.1, 0.15) is 72.3 Å². The molecule has 1 aromatic heterocycles. The summed E-state index contributed by atoms with van der Waals surface area (Å²) < 4.78 is 6.67. The highest BCUT2D eigenvalue weighted by molar-refractivity contribution is 6.74. The molecular formula is C30H41NO2Si. The lowest BCUT2D eigenvalue weighted by Crippen LogP contribution is -2.54. The number of fused-ring (bicyclic) bond motifs is 5. The number of ketones is 1. The van der Waals surface area contributed by atoms with Gasteiger partial charge in [-0.3, -0.25) is 9.78 Å². The standard InChI is InChI=1S/C30H41NO2Si/c1-28(2,3)34(6,7)33-22-14-15-29(4)21(17-22)10-11-23-25-13-12-24(20-9-8-16-31-19-20)30(25,5)18-26(32)27(23)29/h8-9,12,14,16-17,19,23,25,27H,10-11,13,15,18H2,1-7H3/t23-,25-,27+,29-,30+/m0/s1. The third kappa shape index (κ3) is 3.51. The first-order valence-corrected chi connectivity index (χ1v) is 16.0. The van der Waals surface area contributed by atoms with E-state index in [4.69, 9.17) is 4.43 Å². The second kappa shape index (κ2) is 7.78. The zero-order chi connectivity index (χ0) is 24.5. The van der Waals surface area contributed by atoms with Crippen LogP contribution in [0.25, 0.3) is 5.57 Å². The number of pyridine rings is 1. The predicted octanol–water partition coefficient (Wildman–Crippen LogP) is 7.73. The molecule has 3 nitrogen and oxygen atoms in total. The van der Waals surface area contributed by atoms with E-state index in [1.807, 2.05) is 18.5 Å². The van der Waals surface area contributed by atoms with Crippen molar-refractivity contribution in [1.82, 2.24) is 4.98 Å². The minimum atomic E-state index is -1.88. The molecule has 4 aliphatic carbocycles. The van der Waals surface area contributed by atoms with Crippen molar-refractivity contribution < 1.29 is 9.22 Å². The van der Waals surface area contributed by atoms with Gasteiger partial charge in [-0.05, 0) is 85.0 Å². The van der Waals surface area contributed by atoms with E-state index in [0.29, 0.717) is 24.0 Å². The average molecular weight is 476 g/mol. The number of hydrogen-bond acceptors (Lipinski definition) is 3. The third-order valence-electron chi connectivity index (χ3n) is 10.2. The van der Waals surface area contributed by atoms with Gasteiger partial charge in [0, 0.05) is 35.6 Å². The fraction of sp³-hybridized carbons (Fsp3) is 0.600. The smallest absolute Gasteiger partial charge is 0.250 e. The lowest BCUT2D eigenvalue weighted by atomic mass is 9.46. The van der Waals surface area contributed by atoms with Gasteiger partial charge in [-0.15, -0.1) is 0 Å². The molecule has 0 bridgehead atoms. The van der Waals surface area contributed by atoms with Crippen molar-refractivity contribution in [3.63, 3.8) is 0 Å². The van der Waals surface area contributed by atoms with Gasteiger partial charge in [0.25, 0.3) is 0 Å². The molecule has 0 N–H and O–H groups in total. The van der Waals surface area contributed by atoms with Gasteiger partial charge >= 0.3 is 0 Å². The molecule has 0 unspecified atom stereocenters. The number of rotatable bonds is 3. The Balaban J connectivity index is 1.42. The topological polar surface area (TPSA) is 39.2 Å². The Labute approximate surface area is 206 Å². The van der Waals surface area contributed by atoms with E-state index < -0.39 is 8.32 Å². The Morgan fingerprint density at radius 1 is 1.15 bits per heavy atom. The van der Waals surface area contributed by atoms with Crippen LogP contribution in [-0.4, -0.2) is 19.1 Å². The van der Waals surface area contributed by atoms with Crippen LogP contribution in [0.5, 0.6) is 0 Å². The van der Waals surface area contributed by atoms with Gasteiger partial charge in [0.1, 0.15) is 5.78 Å². The van der Waals surface area contributed by atoms with Crippen molar-refractivity contribution in [2.45, 2.75) is 84.9 Å². The van der Waals surface area contributed by atoms with Crippen LogP contribution in [0.15, 0.2) is 54.1 Å². The van der Waals surface area contributed by atoms with E-state index in [2.05, 4.69) is 77.0 Å². The SMILES string of the molecule is CC(C)(C)[Si](C)(C)OC1=CC[C@@]2(C)C(=C1)CC[C@@H]1[C@@H]2C(=O)C[C@]2(C)C(c3cccnc3)=CC[C@@H]12. The Hall–Kier alpha value is -1.94. The van der Waals surface area contributed by atoms with Gasteiger partial charge in [0.15, 0.2) is 0 Å². The average Bonchev–Trinajstić information content (AvgIpc) is 3.10. The lowest BCUT2D eigenvalue weighted by molar-refractivity contribution is -0.140. The summed E-state index contributed by atoms with van der Waals surface area (Å²) in [6.45, 7) is 16.2. The molecule has 4 heteroatoms. The van der Waals surface area contributed by atoms with Crippen LogP contribution in [0, 0.1) is 28.6 Å². The summed E-state index contributed by atoms with van der Waals surface area (Å²) in [5, 5.41) is 0.177. The Kier molecular flexibility index (Phi) is 5.44. The molecule has 5 atom stereocenters. The first-order chi connectivity index (χ1) is 15.9. The predicted molar refractivity (Wildman–Crippen MR) is 141 cm³/mol. The van der Waals surface area contributed by atoms with Crippen molar-refractivity contribution >= 4 is 19.7 Å². The van der Waals surface area contributed by atoms with Crippen LogP contribution in [0.3, 0.4) is 0 Å². The van der Waals surface area contributed by atoms with E-state index in [0.717, 1.165) is 31.4 Å². The number of Topliss-reactive ketones (excluding diaryl/α,β-unsaturated/α-hetero) is 1. The molecule has 0 aliphatic heterocycles. The first-order valence-electron chi connectivity index (χ1n) is 13.1. The van der Waals surface area contributed by atoms with Gasteiger partial charge in [-0.2, -0.15) is 0 Å². The number of allylic oxidation sites excluding steroid dienone is 5. The molecular weight excluding hydrogens is 434 g/mol. The zero-order valence-electron chi connectivity index (χ0n) is 22.1. The Morgan fingerprint density at radius 2 is 1.91 bits per heavy atom. The number of hydrogen-bond donors (Lipinski definition) is 0. The quantitative estimate of drug-likeness (QED) is 0.420. The maximum absolute atomic E-state index is 13.9. The summed E-state index contributed by atoms with van der Waals surface area (Å²) in [5.41, 5.74) is 3.84. The minimum Gasteiger partial charge on any atom is -0.544 e. The van der Waals surface area contributed by atoms with E-state index >= 15 is 0 Å². The summed E-state index contributed by atoms with van der Waals surface area (Å²) >= 11 is 0. The number of aromatic nitrogens is 1. The van der Waals surface area contributed by atoms with Gasteiger partial charge in [0.05, 0.1) is 5.76 Å². The number of carbonyl (C=O) groups is 1. The highest BCUT2D eigenvalue weighted by Gasteiger charge is 2.60. The van der Waals surface area contributed by atoms with E-state index in [-0.39, 0.29) is 21.8 Å². The molecule has 0 saturated heterocycles. The van der Waals surface area contributed by atoms with Crippen LogP contribution >= 0.6 is 0 Å². The highest BCUT2D eigenvalue weighted by atomic mass is 28.4. The third-order valence-corrected chi connectivity index (χ3v) is 14.6. The second-order valence-corrected chi connectivity index (χ2v) is 17.9. The molecule has 34 heavy (non-hydrogen) atoms. The van der Waals surface area contributed by atoms with Crippen molar-refractivity contribution in [3.8, 4) is 0 Å². The highest BCUT2D eigenvalue weighted by Crippen LogP contribution is 2.65. The maximum atomic E-state index is 13.9. The molecule has 5 rings (SSSR count). The monoisotopic (exact) mass is 475 g/mol. The Bertz CT molecular complexity index is 1090. The van der Waals surface area contributed by atoms with Gasteiger partial charge in [-0.25, -0.2) is 0 Å². The molecule has 0 spiro atoms. The zero-order valence-corrected chi connectivity index (χ0v) is 23.1. The van der Waals surface area contributed by atoms with Gasteiger partial charge < -0.3 is 4.43 Å². The first kappa shape index (κ1) is 23.8. The minimum absolute atomic E-state index is 0.0695. The molecule has 1 heterocycles. The van der Waals surface area contributed by atoms with E-state index in [9.17, 15) is 4.79 Å². The Morgan fingerprint density at radius 3 is 2.59 bits per heavy atom. The second-order valence-electron chi connectivity index (χ2n) is 13.2. The largest absolute Gasteiger partial charge is 0.544 e. The van der Waals surface area contributed by atoms with Crippen LogP contribution < -0.4 is 0 Å². The summed E-state index contributed by atoms with van der Waals surface area (Å²) in [7, 11) is -1.88.